The summed E-state index contributed by atoms with van der Waals surface area (Å²) < 4.78 is 0. The van der Waals surface area contributed by atoms with Crippen molar-refractivity contribution >= 4 is 23.2 Å². The average Bonchev–Trinajstić information content (AvgIpc) is 2.73. The number of amides is 1. The Morgan fingerprint density at radius 2 is 1.74 bits per heavy atom. The van der Waals surface area contributed by atoms with Crippen LogP contribution in [0, 0.1) is 11.8 Å². The summed E-state index contributed by atoms with van der Waals surface area (Å²) >= 11 is 0. The van der Waals surface area contributed by atoms with E-state index in [1.54, 1.807) is 25.1 Å². The van der Waals surface area contributed by atoms with Gasteiger partial charge in [0.2, 0.25) is 5.78 Å². The van der Waals surface area contributed by atoms with Crippen molar-refractivity contribution in [3.8, 4) is 5.75 Å². The molecule has 0 saturated heterocycles. The lowest BCUT2D eigenvalue weighted by Gasteiger charge is -2.52. The van der Waals surface area contributed by atoms with Gasteiger partial charge < -0.3 is 36.2 Å². The predicted octanol–water partition coefficient (Wildman–Crippen LogP) is -0.843. The maximum absolute atomic E-state index is 13.5. The van der Waals surface area contributed by atoms with Crippen LogP contribution in [-0.2, 0) is 16.0 Å². The standard InChI is InChI=1S/C23H27N3O8/c1-25(2)10-5-6-11(27)12-8(10)7-9-13(18(12)29)20(31)23(34)15(17(9)28)16(26(3)4)19(30)14(21(23)32)22(24)33/h5-6,9,15-17,27-28,30-31,34H,7H2,1-4H3,(H2,24,33)/t9?,15?,16-,17?,23-/m0/s1. The number of primary amides is 1. The van der Waals surface area contributed by atoms with E-state index in [9.17, 15) is 39.9 Å². The zero-order chi connectivity index (χ0) is 25.4. The molecule has 1 aromatic carbocycles. The fourth-order valence-corrected chi connectivity index (χ4v) is 5.67. The minimum atomic E-state index is -2.90. The molecule has 3 unspecified atom stereocenters. The number of carbonyl (C=O) groups is 3. The number of nitrogens with two attached hydrogens (primary N) is 1. The number of benzene rings is 1. The number of phenols is 1. The van der Waals surface area contributed by atoms with Crippen LogP contribution in [0.3, 0.4) is 0 Å². The summed E-state index contributed by atoms with van der Waals surface area (Å²) in [6, 6.07) is 1.65. The number of hydrogen-bond acceptors (Lipinski definition) is 10. The van der Waals surface area contributed by atoms with Crippen LogP contribution in [0.4, 0.5) is 5.69 Å². The molecule has 0 fully saturated rings. The van der Waals surface area contributed by atoms with E-state index < -0.39 is 69.7 Å². The molecule has 0 radical (unpaired) electrons. The Morgan fingerprint density at radius 3 is 2.26 bits per heavy atom. The first-order chi connectivity index (χ1) is 15.8. The molecule has 1 amide bonds. The lowest BCUT2D eigenvalue weighted by atomic mass is 9.57. The number of hydrogen-bond donors (Lipinski definition) is 6. The smallest absolute Gasteiger partial charge is 0.255 e. The van der Waals surface area contributed by atoms with E-state index in [4.69, 9.17) is 5.73 Å². The number of rotatable bonds is 3. The summed E-state index contributed by atoms with van der Waals surface area (Å²) in [5.41, 5.74) is 1.96. The van der Waals surface area contributed by atoms with Crippen molar-refractivity contribution in [1.29, 1.82) is 0 Å². The van der Waals surface area contributed by atoms with Gasteiger partial charge in [0, 0.05) is 31.3 Å². The van der Waals surface area contributed by atoms with E-state index in [0.717, 1.165) is 0 Å². The third-order valence-electron chi connectivity index (χ3n) is 7.15. The van der Waals surface area contributed by atoms with Crippen molar-refractivity contribution in [1.82, 2.24) is 4.90 Å². The summed E-state index contributed by atoms with van der Waals surface area (Å²) in [6.45, 7) is 0. The molecule has 0 saturated carbocycles. The molecule has 1 aromatic rings. The number of aliphatic hydroxyl groups excluding tert-OH is 3. The SMILES string of the molecule is CN(C)c1ccc(O)c2c1CC1C(=C(O)[C@]3(O)C(=O)C(C(N)=O)=C(O)[C@@H](N(C)C)C3C1O)C2=O. The average molecular weight is 473 g/mol. The topological polar surface area (TPSA) is 185 Å². The lowest BCUT2D eigenvalue weighted by Crippen LogP contribution is -2.68. The van der Waals surface area contributed by atoms with Crippen LogP contribution in [0.2, 0.25) is 0 Å². The van der Waals surface area contributed by atoms with Gasteiger partial charge in [0.1, 0.15) is 22.8 Å². The highest BCUT2D eigenvalue weighted by atomic mass is 16.4. The van der Waals surface area contributed by atoms with Crippen LogP contribution < -0.4 is 10.6 Å². The highest BCUT2D eigenvalue weighted by molar-refractivity contribution is 6.25. The maximum Gasteiger partial charge on any atom is 0.255 e. The largest absolute Gasteiger partial charge is 0.510 e. The molecule has 182 valence electrons. The second kappa shape index (κ2) is 7.55. The minimum Gasteiger partial charge on any atom is -0.510 e. The van der Waals surface area contributed by atoms with E-state index in [0.29, 0.717) is 11.3 Å². The fourth-order valence-electron chi connectivity index (χ4n) is 5.67. The highest BCUT2D eigenvalue weighted by Crippen LogP contribution is 2.53. The van der Waals surface area contributed by atoms with Gasteiger partial charge in [-0.05, 0) is 38.2 Å². The van der Waals surface area contributed by atoms with E-state index in [2.05, 4.69) is 0 Å². The summed E-state index contributed by atoms with van der Waals surface area (Å²) in [4.78, 5) is 41.9. The molecule has 4 rings (SSSR count). The fraction of sp³-hybridized carbons (Fsp3) is 0.435. The summed E-state index contributed by atoms with van der Waals surface area (Å²) in [6.07, 6.45) is -1.60. The van der Waals surface area contributed by atoms with Gasteiger partial charge in [-0.3, -0.25) is 19.3 Å². The number of carbonyl (C=O) groups excluding carboxylic acids is 3. The molecule has 11 heteroatoms. The Labute approximate surface area is 195 Å². The van der Waals surface area contributed by atoms with Crippen LogP contribution >= 0.6 is 0 Å². The van der Waals surface area contributed by atoms with Crippen molar-refractivity contribution in [2.24, 2.45) is 17.6 Å². The number of aliphatic hydroxyl groups is 4. The quantitative estimate of drug-likeness (QED) is 0.302. The number of phenolic OH excluding ortho intramolecular Hbond substituents is 1. The van der Waals surface area contributed by atoms with Gasteiger partial charge in [-0.1, -0.05) is 0 Å². The number of fused-ring (bicyclic) bond motifs is 3. The maximum atomic E-state index is 13.5. The molecule has 0 aromatic heterocycles. The summed E-state index contributed by atoms with van der Waals surface area (Å²) in [5.74, 6) is -8.31. The zero-order valence-corrected chi connectivity index (χ0v) is 19.1. The van der Waals surface area contributed by atoms with E-state index in [1.807, 2.05) is 0 Å². The first-order valence-electron chi connectivity index (χ1n) is 10.6. The second-order valence-electron chi connectivity index (χ2n) is 9.40. The molecule has 7 N–H and O–H groups in total. The zero-order valence-electron chi connectivity index (χ0n) is 19.1. The molecule has 11 nitrogen and oxygen atoms in total. The van der Waals surface area contributed by atoms with Crippen molar-refractivity contribution in [2.45, 2.75) is 24.2 Å². The molecule has 0 aliphatic heterocycles. The number of aromatic hydroxyl groups is 1. The van der Waals surface area contributed by atoms with Crippen LogP contribution in [0.1, 0.15) is 15.9 Å². The molecule has 34 heavy (non-hydrogen) atoms. The third kappa shape index (κ3) is 2.84. The first kappa shape index (κ1) is 23.7. The molecular formula is C23H27N3O8. The Balaban J connectivity index is 2.03. The number of nitrogens with zero attached hydrogens (tertiary/aromatic N) is 2. The van der Waals surface area contributed by atoms with Crippen molar-refractivity contribution in [2.75, 3.05) is 33.1 Å². The molecule has 5 atom stereocenters. The Hall–Kier alpha value is -3.41. The summed E-state index contributed by atoms with van der Waals surface area (Å²) in [7, 11) is 6.46. The molecule has 0 spiro atoms. The lowest BCUT2D eigenvalue weighted by molar-refractivity contribution is -0.161. The minimum absolute atomic E-state index is 0.00236. The van der Waals surface area contributed by atoms with Crippen LogP contribution in [0.25, 0.3) is 0 Å². The van der Waals surface area contributed by atoms with Crippen LogP contribution in [-0.4, -0.2) is 93.8 Å². The molecule has 3 aliphatic carbocycles. The monoisotopic (exact) mass is 473 g/mol. The van der Waals surface area contributed by atoms with Crippen molar-refractivity contribution in [3.05, 3.63) is 45.9 Å². The Kier molecular flexibility index (Phi) is 5.27. The van der Waals surface area contributed by atoms with Crippen LogP contribution in [0.5, 0.6) is 5.75 Å². The van der Waals surface area contributed by atoms with E-state index in [-0.39, 0.29) is 17.7 Å². The second-order valence-corrected chi connectivity index (χ2v) is 9.40. The molecule has 0 bridgehead atoms. The predicted molar refractivity (Wildman–Crippen MR) is 119 cm³/mol. The first-order valence-corrected chi connectivity index (χ1v) is 10.6. The van der Waals surface area contributed by atoms with Gasteiger partial charge in [-0.15, -0.1) is 0 Å². The van der Waals surface area contributed by atoms with Gasteiger partial charge in [0.05, 0.1) is 23.6 Å². The highest BCUT2D eigenvalue weighted by Gasteiger charge is 2.66. The number of ketones is 2. The molecular weight excluding hydrogens is 446 g/mol. The van der Waals surface area contributed by atoms with Crippen LogP contribution in [0.15, 0.2) is 34.8 Å². The van der Waals surface area contributed by atoms with Crippen molar-refractivity contribution < 1.29 is 39.9 Å². The van der Waals surface area contributed by atoms with Crippen molar-refractivity contribution in [3.63, 3.8) is 0 Å². The number of Topliss-reactive ketones (excluding diaryl/α,β-unsaturated/α-hetero) is 2. The van der Waals surface area contributed by atoms with Gasteiger partial charge in [-0.2, -0.15) is 0 Å². The van der Waals surface area contributed by atoms with Gasteiger partial charge >= 0.3 is 0 Å². The third-order valence-corrected chi connectivity index (χ3v) is 7.15. The Morgan fingerprint density at radius 1 is 1.12 bits per heavy atom. The Bertz CT molecular complexity index is 1200. The summed E-state index contributed by atoms with van der Waals surface area (Å²) in [5, 5.41) is 55.4. The molecule has 0 heterocycles. The molecule has 3 aliphatic rings. The van der Waals surface area contributed by atoms with E-state index in [1.165, 1.54) is 25.1 Å². The van der Waals surface area contributed by atoms with Gasteiger partial charge in [0.15, 0.2) is 11.4 Å². The normalized spacial score (nSPS) is 30.8. The van der Waals surface area contributed by atoms with Gasteiger partial charge in [0.25, 0.3) is 5.91 Å². The number of anilines is 1. The number of likely N-dealkylation sites (N-methyl/N-ethyl adjacent to an activating group) is 1. The van der Waals surface area contributed by atoms with Gasteiger partial charge in [-0.25, -0.2) is 0 Å². The van der Waals surface area contributed by atoms with E-state index >= 15 is 0 Å².